The standard InChI is InChI=1S/C24H24N4O4/c1-15-13-21(29)25-19-11-7-8-12-20(19)27(15)22(30)14-32-24(31)23-16(2)26-28(17(23)3)18-9-5-4-6-10-18/h4-12,15H,13-14H2,1-3H3,(H,25,29). The van der Waals surface area contributed by atoms with Gasteiger partial charge in [-0.3, -0.25) is 9.59 Å². The van der Waals surface area contributed by atoms with Gasteiger partial charge >= 0.3 is 5.97 Å². The fraction of sp³-hybridized carbons (Fsp3) is 0.250. The van der Waals surface area contributed by atoms with E-state index in [1.165, 1.54) is 4.90 Å². The Kier molecular flexibility index (Phi) is 5.77. The van der Waals surface area contributed by atoms with Crippen molar-refractivity contribution in [3.63, 3.8) is 0 Å². The molecule has 0 bridgehead atoms. The molecule has 4 rings (SSSR count). The molecule has 0 spiro atoms. The van der Waals surface area contributed by atoms with Crippen LogP contribution in [0.4, 0.5) is 11.4 Å². The molecule has 1 N–H and O–H groups in total. The number of hydrogen-bond donors (Lipinski definition) is 1. The van der Waals surface area contributed by atoms with Gasteiger partial charge in [-0.15, -0.1) is 0 Å². The Morgan fingerprint density at radius 1 is 1.09 bits per heavy atom. The minimum absolute atomic E-state index is 0.149. The van der Waals surface area contributed by atoms with Gasteiger partial charge in [-0.25, -0.2) is 9.48 Å². The van der Waals surface area contributed by atoms with E-state index in [0.717, 1.165) is 5.69 Å². The zero-order valence-electron chi connectivity index (χ0n) is 18.2. The van der Waals surface area contributed by atoms with Crippen molar-refractivity contribution in [3.05, 3.63) is 71.5 Å². The summed E-state index contributed by atoms with van der Waals surface area (Å²) < 4.78 is 7.07. The van der Waals surface area contributed by atoms with E-state index in [4.69, 9.17) is 4.74 Å². The number of fused-ring (bicyclic) bond motifs is 1. The molecule has 8 nitrogen and oxygen atoms in total. The smallest absolute Gasteiger partial charge is 0.342 e. The van der Waals surface area contributed by atoms with Gasteiger partial charge in [-0.2, -0.15) is 5.10 Å². The van der Waals surface area contributed by atoms with Crippen LogP contribution in [-0.2, 0) is 14.3 Å². The lowest BCUT2D eigenvalue weighted by molar-refractivity contribution is -0.122. The van der Waals surface area contributed by atoms with Crippen LogP contribution in [0.1, 0.15) is 35.1 Å². The maximum Gasteiger partial charge on any atom is 0.342 e. The summed E-state index contributed by atoms with van der Waals surface area (Å²) in [5.41, 5.74) is 3.45. The van der Waals surface area contributed by atoms with Crippen molar-refractivity contribution in [2.45, 2.75) is 33.2 Å². The maximum absolute atomic E-state index is 13.1. The summed E-state index contributed by atoms with van der Waals surface area (Å²) in [7, 11) is 0. The maximum atomic E-state index is 13.1. The highest BCUT2D eigenvalue weighted by Crippen LogP contribution is 2.31. The minimum Gasteiger partial charge on any atom is -0.452 e. The predicted octanol–water partition coefficient (Wildman–Crippen LogP) is 3.41. The van der Waals surface area contributed by atoms with Gasteiger partial charge in [0, 0.05) is 12.5 Å². The van der Waals surface area contributed by atoms with E-state index in [-0.39, 0.29) is 18.4 Å². The molecule has 0 aliphatic carbocycles. The van der Waals surface area contributed by atoms with Crippen LogP contribution in [0, 0.1) is 13.8 Å². The second-order valence-corrected chi connectivity index (χ2v) is 7.75. The molecule has 164 valence electrons. The number of ether oxygens (including phenoxy) is 1. The van der Waals surface area contributed by atoms with E-state index in [1.807, 2.05) is 30.3 Å². The molecular formula is C24H24N4O4. The highest BCUT2D eigenvalue weighted by molar-refractivity contribution is 6.05. The van der Waals surface area contributed by atoms with E-state index < -0.39 is 18.5 Å². The van der Waals surface area contributed by atoms with Crippen molar-refractivity contribution in [2.75, 3.05) is 16.8 Å². The Bertz CT molecular complexity index is 1190. The van der Waals surface area contributed by atoms with Gasteiger partial charge in [0.05, 0.1) is 28.5 Å². The van der Waals surface area contributed by atoms with E-state index in [2.05, 4.69) is 10.4 Å². The summed E-state index contributed by atoms with van der Waals surface area (Å²) >= 11 is 0. The zero-order valence-corrected chi connectivity index (χ0v) is 18.2. The summed E-state index contributed by atoms with van der Waals surface area (Å²) in [5.74, 6) is -1.18. The number of aryl methyl sites for hydroxylation is 1. The molecule has 3 aromatic rings. The normalized spacial score (nSPS) is 15.5. The first-order chi connectivity index (χ1) is 15.4. The molecular weight excluding hydrogens is 408 g/mol. The highest BCUT2D eigenvalue weighted by atomic mass is 16.5. The molecule has 1 aliphatic rings. The first-order valence-electron chi connectivity index (χ1n) is 10.4. The zero-order chi connectivity index (χ0) is 22.8. The fourth-order valence-corrected chi connectivity index (χ4v) is 4.00. The molecule has 0 fully saturated rings. The minimum atomic E-state index is -0.611. The Morgan fingerprint density at radius 3 is 2.53 bits per heavy atom. The lowest BCUT2D eigenvalue weighted by Gasteiger charge is -2.27. The summed E-state index contributed by atoms with van der Waals surface area (Å²) in [6.45, 7) is 4.87. The third-order valence-corrected chi connectivity index (χ3v) is 5.45. The largest absolute Gasteiger partial charge is 0.452 e. The summed E-state index contributed by atoms with van der Waals surface area (Å²) in [6.07, 6.45) is 0.149. The van der Waals surface area contributed by atoms with Crippen LogP contribution in [0.2, 0.25) is 0 Å². The summed E-state index contributed by atoms with van der Waals surface area (Å²) in [5, 5.41) is 7.27. The second-order valence-electron chi connectivity index (χ2n) is 7.75. The lowest BCUT2D eigenvalue weighted by Crippen LogP contribution is -2.41. The number of carbonyl (C=O) groups excluding carboxylic acids is 3. The average molecular weight is 432 g/mol. The molecule has 32 heavy (non-hydrogen) atoms. The lowest BCUT2D eigenvalue weighted by atomic mass is 10.1. The van der Waals surface area contributed by atoms with Gasteiger partial charge in [0.2, 0.25) is 5.91 Å². The van der Waals surface area contributed by atoms with Gasteiger partial charge in [0.25, 0.3) is 5.91 Å². The third kappa shape index (κ3) is 3.99. The number of carbonyl (C=O) groups is 3. The Balaban J connectivity index is 1.53. The first kappa shape index (κ1) is 21.3. The fourth-order valence-electron chi connectivity index (χ4n) is 4.00. The van der Waals surface area contributed by atoms with Gasteiger partial charge in [0.1, 0.15) is 5.56 Å². The van der Waals surface area contributed by atoms with Crippen molar-refractivity contribution in [1.82, 2.24) is 9.78 Å². The van der Waals surface area contributed by atoms with Gasteiger partial charge < -0.3 is 15.0 Å². The number of aromatic nitrogens is 2. The number of nitrogens with one attached hydrogen (secondary N) is 1. The Hall–Kier alpha value is -3.94. The first-order valence-corrected chi connectivity index (χ1v) is 10.4. The summed E-state index contributed by atoms with van der Waals surface area (Å²) in [6, 6.07) is 16.2. The predicted molar refractivity (Wildman–Crippen MR) is 120 cm³/mol. The number of benzene rings is 2. The highest BCUT2D eigenvalue weighted by Gasteiger charge is 2.30. The molecule has 8 heteroatoms. The van der Waals surface area contributed by atoms with E-state index >= 15 is 0 Å². The van der Waals surface area contributed by atoms with Crippen LogP contribution in [-0.4, -0.2) is 40.2 Å². The topological polar surface area (TPSA) is 93.5 Å². The molecule has 1 unspecified atom stereocenters. The van der Waals surface area contributed by atoms with E-state index in [0.29, 0.717) is 28.3 Å². The van der Waals surface area contributed by atoms with Crippen LogP contribution in [0.15, 0.2) is 54.6 Å². The Morgan fingerprint density at radius 2 is 1.78 bits per heavy atom. The van der Waals surface area contributed by atoms with Crippen molar-refractivity contribution >= 4 is 29.2 Å². The van der Waals surface area contributed by atoms with Gasteiger partial charge in [0.15, 0.2) is 6.61 Å². The number of para-hydroxylation sites is 3. The van der Waals surface area contributed by atoms with Crippen LogP contribution in [0.3, 0.4) is 0 Å². The Labute approximate surface area is 185 Å². The molecule has 1 atom stereocenters. The van der Waals surface area contributed by atoms with Crippen LogP contribution in [0.25, 0.3) is 5.69 Å². The number of hydrogen-bond acceptors (Lipinski definition) is 5. The molecule has 0 saturated heterocycles. The van der Waals surface area contributed by atoms with Crippen LogP contribution >= 0.6 is 0 Å². The SMILES string of the molecule is Cc1nn(-c2ccccc2)c(C)c1C(=O)OCC(=O)N1c2ccccc2NC(=O)CC1C. The monoisotopic (exact) mass is 432 g/mol. The molecule has 1 aromatic heterocycles. The van der Waals surface area contributed by atoms with Crippen molar-refractivity contribution < 1.29 is 19.1 Å². The van der Waals surface area contributed by atoms with E-state index in [1.54, 1.807) is 49.7 Å². The quantitative estimate of drug-likeness (QED) is 0.638. The summed E-state index contributed by atoms with van der Waals surface area (Å²) in [4.78, 5) is 39.5. The number of esters is 1. The average Bonchev–Trinajstić information content (AvgIpc) is 3.00. The van der Waals surface area contributed by atoms with Crippen molar-refractivity contribution in [1.29, 1.82) is 0 Å². The second kappa shape index (κ2) is 8.66. The number of amides is 2. The number of anilines is 2. The number of rotatable bonds is 4. The molecule has 2 aromatic carbocycles. The molecule has 0 radical (unpaired) electrons. The van der Waals surface area contributed by atoms with Gasteiger partial charge in [-0.05, 0) is 45.0 Å². The van der Waals surface area contributed by atoms with E-state index in [9.17, 15) is 14.4 Å². The third-order valence-electron chi connectivity index (χ3n) is 5.45. The van der Waals surface area contributed by atoms with Gasteiger partial charge in [-0.1, -0.05) is 30.3 Å². The number of nitrogens with zero attached hydrogens (tertiary/aromatic N) is 3. The molecule has 2 heterocycles. The molecule has 0 saturated carbocycles. The van der Waals surface area contributed by atoms with Crippen LogP contribution < -0.4 is 10.2 Å². The van der Waals surface area contributed by atoms with Crippen molar-refractivity contribution in [3.8, 4) is 5.69 Å². The molecule has 2 amide bonds. The van der Waals surface area contributed by atoms with Crippen molar-refractivity contribution in [2.24, 2.45) is 0 Å². The van der Waals surface area contributed by atoms with Crippen LogP contribution in [0.5, 0.6) is 0 Å². The molecule has 1 aliphatic heterocycles.